The number of rotatable bonds is 3. The summed E-state index contributed by atoms with van der Waals surface area (Å²) in [6.07, 6.45) is 2.10. The number of carbonyl (C=O) groups excluding carboxylic acids is 1. The first kappa shape index (κ1) is 16.4. The van der Waals surface area contributed by atoms with Crippen LogP contribution in [-0.4, -0.2) is 79.5 Å². The number of hydrogen-bond donors (Lipinski definition) is 0. The number of ether oxygens (including phenoxy) is 2. The molecular weight excluding hydrogens is 298 g/mol. The van der Waals surface area contributed by atoms with Gasteiger partial charge in [-0.2, -0.15) is 0 Å². The maximum absolute atomic E-state index is 12.6. The van der Waals surface area contributed by atoms with Crippen molar-refractivity contribution < 1.29 is 18.8 Å². The van der Waals surface area contributed by atoms with Crippen molar-refractivity contribution in [3.05, 3.63) is 17.5 Å². The van der Waals surface area contributed by atoms with Crippen molar-refractivity contribution in [1.82, 2.24) is 15.0 Å². The molecule has 0 saturated carbocycles. The molecule has 1 aromatic rings. The SMILES string of the molecule is Cc1cc(C(=O)N2CCOCC3(CCC(CN(C)C)O3)C2)no1. The minimum Gasteiger partial charge on any atom is -0.377 e. The van der Waals surface area contributed by atoms with Gasteiger partial charge in [-0.05, 0) is 33.9 Å². The molecule has 128 valence electrons. The lowest BCUT2D eigenvalue weighted by Gasteiger charge is -2.32. The van der Waals surface area contributed by atoms with E-state index in [2.05, 4.69) is 10.1 Å². The Bertz CT molecular complexity index is 559. The van der Waals surface area contributed by atoms with Gasteiger partial charge in [-0.15, -0.1) is 0 Å². The number of hydrogen-bond acceptors (Lipinski definition) is 6. The van der Waals surface area contributed by atoms with Gasteiger partial charge in [-0.3, -0.25) is 4.79 Å². The zero-order chi connectivity index (χ0) is 16.4. The third kappa shape index (κ3) is 3.73. The summed E-state index contributed by atoms with van der Waals surface area (Å²) in [5.41, 5.74) is -0.0478. The molecule has 7 heteroatoms. The maximum Gasteiger partial charge on any atom is 0.276 e. The molecule has 0 bridgehead atoms. The van der Waals surface area contributed by atoms with Gasteiger partial charge in [0.05, 0.1) is 25.9 Å². The van der Waals surface area contributed by atoms with Crippen LogP contribution in [0.3, 0.4) is 0 Å². The summed E-state index contributed by atoms with van der Waals surface area (Å²) in [5.74, 6) is 0.517. The highest BCUT2D eigenvalue weighted by Gasteiger charge is 2.44. The van der Waals surface area contributed by atoms with Gasteiger partial charge in [0.15, 0.2) is 5.69 Å². The molecule has 0 aromatic carbocycles. The highest BCUT2D eigenvalue weighted by molar-refractivity contribution is 5.92. The maximum atomic E-state index is 12.6. The van der Waals surface area contributed by atoms with Gasteiger partial charge in [0.2, 0.25) is 0 Å². The topological polar surface area (TPSA) is 68.0 Å². The number of nitrogens with zero attached hydrogens (tertiary/aromatic N) is 3. The number of aryl methyl sites for hydroxylation is 1. The molecule has 2 aliphatic heterocycles. The summed E-state index contributed by atoms with van der Waals surface area (Å²) in [4.78, 5) is 16.6. The number of aromatic nitrogens is 1. The first-order valence-corrected chi connectivity index (χ1v) is 8.10. The van der Waals surface area contributed by atoms with Crippen LogP contribution in [-0.2, 0) is 9.47 Å². The predicted octanol–water partition coefficient (Wildman–Crippen LogP) is 0.935. The van der Waals surface area contributed by atoms with E-state index in [9.17, 15) is 4.79 Å². The Morgan fingerprint density at radius 3 is 3.04 bits per heavy atom. The van der Waals surface area contributed by atoms with Crippen LogP contribution >= 0.6 is 0 Å². The van der Waals surface area contributed by atoms with Gasteiger partial charge in [0.1, 0.15) is 11.4 Å². The van der Waals surface area contributed by atoms with Crippen LogP contribution in [0.2, 0.25) is 0 Å². The Balaban J connectivity index is 1.70. The van der Waals surface area contributed by atoms with Gasteiger partial charge < -0.3 is 23.8 Å². The van der Waals surface area contributed by atoms with Gasteiger partial charge in [-0.25, -0.2) is 0 Å². The van der Waals surface area contributed by atoms with E-state index >= 15 is 0 Å². The summed E-state index contributed by atoms with van der Waals surface area (Å²) >= 11 is 0. The molecule has 2 fully saturated rings. The van der Waals surface area contributed by atoms with E-state index in [1.807, 2.05) is 14.1 Å². The summed E-state index contributed by atoms with van der Waals surface area (Å²) in [6.45, 7) is 4.82. The van der Waals surface area contributed by atoms with Crippen LogP contribution in [0.25, 0.3) is 0 Å². The Morgan fingerprint density at radius 2 is 2.35 bits per heavy atom. The zero-order valence-corrected chi connectivity index (χ0v) is 14.1. The van der Waals surface area contributed by atoms with Crippen LogP contribution in [0.1, 0.15) is 29.1 Å². The van der Waals surface area contributed by atoms with Crippen LogP contribution in [0.4, 0.5) is 0 Å². The van der Waals surface area contributed by atoms with E-state index in [0.29, 0.717) is 37.8 Å². The molecule has 2 aliphatic rings. The number of likely N-dealkylation sites (N-methyl/N-ethyl adjacent to an activating group) is 1. The fourth-order valence-electron chi connectivity index (χ4n) is 3.36. The quantitative estimate of drug-likeness (QED) is 0.824. The van der Waals surface area contributed by atoms with Crippen molar-refractivity contribution in [2.75, 3.05) is 46.9 Å². The van der Waals surface area contributed by atoms with Crippen molar-refractivity contribution in [1.29, 1.82) is 0 Å². The van der Waals surface area contributed by atoms with Crippen molar-refractivity contribution in [2.45, 2.75) is 31.5 Å². The first-order chi connectivity index (χ1) is 11.0. The van der Waals surface area contributed by atoms with Gasteiger partial charge in [0.25, 0.3) is 5.91 Å². The Labute approximate surface area is 136 Å². The lowest BCUT2D eigenvalue weighted by Crippen LogP contribution is -2.47. The molecule has 3 heterocycles. The standard InChI is InChI=1S/C16H25N3O4/c1-12-8-14(17-23-12)15(20)19-6-7-21-11-16(10-19)5-4-13(22-16)9-18(2)3/h8,13H,4-7,9-11H2,1-3H3. The molecule has 3 rings (SSSR count). The first-order valence-electron chi connectivity index (χ1n) is 8.10. The third-order valence-corrected chi connectivity index (χ3v) is 4.39. The van der Waals surface area contributed by atoms with E-state index in [-0.39, 0.29) is 12.0 Å². The van der Waals surface area contributed by atoms with Crippen molar-refractivity contribution in [3.63, 3.8) is 0 Å². The second kappa shape index (κ2) is 6.59. The van der Waals surface area contributed by atoms with Crippen LogP contribution in [0.15, 0.2) is 10.6 Å². The molecule has 0 N–H and O–H groups in total. The second-order valence-corrected chi connectivity index (χ2v) is 6.83. The Morgan fingerprint density at radius 1 is 1.52 bits per heavy atom. The van der Waals surface area contributed by atoms with E-state index in [0.717, 1.165) is 19.4 Å². The summed E-state index contributed by atoms with van der Waals surface area (Å²) in [7, 11) is 4.08. The van der Waals surface area contributed by atoms with Gasteiger partial charge in [-0.1, -0.05) is 5.16 Å². The molecule has 1 aromatic heterocycles. The van der Waals surface area contributed by atoms with Gasteiger partial charge >= 0.3 is 0 Å². The molecule has 7 nitrogen and oxygen atoms in total. The van der Waals surface area contributed by atoms with Crippen LogP contribution < -0.4 is 0 Å². The minimum atomic E-state index is -0.397. The molecule has 2 unspecified atom stereocenters. The average Bonchev–Trinajstić information content (AvgIpc) is 3.01. The molecule has 0 radical (unpaired) electrons. The van der Waals surface area contributed by atoms with Crippen LogP contribution in [0, 0.1) is 6.92 Å². The molecule has 1 amide bonds. The fourth-order valence-corrected chi connectivity index (χ4v) is 3.36. The second-order valence-electron chi connectivity index (χ2n) is 6.83. The Kier molecular flexibility index (Phi) is 4.70. The third-order valence-electron chi connectivity index (χ3n) is 4.39. The van der Waals surface area contributed by atoms with Crippen molar-refractivity contribution in [3.8, 4) is 0 Å². The zero-order valence-electron chi connectivity index (χ0n) is 14.1. The summed E-state index contributed by atoms with van der Waals surface area (Å²) in [5, 5.41) is 3.84. The molecule has 23 heavy (non-hydrogen) atoms. The lowest BCUT2D eigenvalue weighted by molar-refractivity contribution is -0.0878. The molecule has 2 saturated heterocycles. The minimum absolute atomic E-state index is 0.119. The van der Waals surface area contributed by atoms with E-state index in [4.69, 9.17) is 14.0 Å². The van der Waals surface area contributed by atoms with E-state index < -0.39 is 5.60 Å². The lowest BCUT2D eigenvalue weighted by atomic mass is 10.00. The van der Waals surface area contributed by atoms with E-state index in [1.165, 1.54) is 0 Å². The molecule has 0 aliphatic carbocycles. The fraction of sp³-hybridized carbons (Fsp3) is 0.750. The smallest absolute Gasteiger partial charge is 0.276 e. The largest absolute Gasteiger partial charge is 0.377 e. The summed E-state index contributed by atoms with van der Waals surface area (Å²) in [6, 6.07) is 1.67. The van der Waals surface area contributed by atoms with Gasteiger partial charge in [0, 0.05) is 19.2 Å². The highest BCUT2D eigenvalue weighted by Crippen LogP contribution is 2.33. The Hall–Kier alpha value is -1.44. The van der Waals surface area contributed by atoms with Crippen molar-refractivity contribution >= 4 is 5.91 Å². The van der Waals surface area contributed by atoms with Crippen molar-refractivity contribution in [2.24, 2.45) is 0 Å². The van der Waals surface area contributed by atoms with E-state index in [1.54, 1.807) is 17.9 Å². The molecule has 1 spiro atoms. The van der Waals surface area contributed by atoms with Crippen LogP contribution in [0.5, 0.6) is 0 Å². The number of carbonyl (C=O) groups is 1. The normalized spacial score (nSPS) is 28.5. The number of amides is 1. The summed E-state index contributed by atoms with van der Waals surface area (Å²) < 4.78 is 17.0. The highest BCUT2D eigenvalue weighted by atomic mass is 16.6. The average molecular weight is 323 g/mol. The monoisotopic (exact) mass is 323 g/mol. The molecular formula is C16H25N3O4. The molecule has 2 atom stereocenters. The predicted molar refractivity (Wildman–Crippen MR) is 83.4 cm³/mol.